The summed E-state index contributed by atoms with van der Waals surface area (Å²) in [6.45, 7) is 5.48. The Balaban J connectivity index is 0.00000341. The molecule has 1 amide bonds. The Morgan fingerprint density at radius 2 is 1.87 bits per heavy atom. The molecule has 1 atom stereocenters. The van der Waals surface area contributed by atoms with Crippen LogP contribution in [-0.4, -0.2) is 55.0 Å². The third kappa shape index (κ3) is 8.10. The average Bonchev–Trinajstić information content (AvgIpc) is 3.29. The fourth-order valence-corrected chi connectivity index (χ4v) is 3.64. The third-order valence-electron chi connectivity index (χ3n) is 5.28. The van der Waals surface area contributed by atoms with Crippen LogP contribution in [0.3, 0.4) is 0 Å². The topological polar surface area (TPSA) is 81.6 Å². The second-order valence-electron chi connectivity index (χ2n) is 7.57. The number of likely N-dealkylation sites (tertiary alicyclic amines) is 1. The summed E-state index contributed by atoms with van der Waals surface area (Å²) in [5.41, 5.74) is 2.37. The molecular weight excluding hydrogens is 503 g/mol. The third-order valence-corrected chi connectivity index (χ3v) is 5.28. The Bertz CT molecular complexity index is 822. The van der Waals surface area contributed by atoms with E-state index < -0.39 is 0 Å². The van der Waals surface area contributed by atoms with Crippen molar-refractivity contribution in [1.82, 2.24) is 20.5 Å². The molecule has 0 radical (unpaired) electrons. The SMILES string of the molecule is CN=C(NCCC(=O)Nc1ccc(C)cn1)NCC(c1ccccc1)N1CCCC1.I. The summed E-state index contributed by atoms with van der Waals surface area (Å²) in [7, 11) is 1.75. The molecule has 0 saturated carbocycles. The maximum atomic E-state index is 12.1. The summed E-state index contributed by atoms with van der Waals surface area (Å²) in [4.78, 5) is 23.2. The summed E-state index contributed by atoms with van der Waals surface area (Å²) in [6.07, 6.45) is 4.58. The van der Waals surface area contributed by atoms with Crippen molar-refractivity contribution in [3.63, 3.8) is 0 Å². The van der Waals surface area contributed by atoms with Gasteiger partial charge in [0.15, 0.2) is 5.96 Å². The van der Waals surface area contributed by atoms with Crippen molar-refractivity contribution in [2.24, 2.45) is 4.99 Å². The fraction of sp³-hybridized carbons (Fsp3) is 0.435. The Hall–Kier alpha value is -2.20. The number of hydrogen-bond donors (Lipinski definition) is 3. The van der Waals surface area contributed by atoms with Crippen LogP contribution in [0.4, 0.5) is 5.82 Å². The highest BCUT2D eigenvalue weighted by Crippen LogP contribution is 2.24. The van der Waals surface area contributed by atoms with Gasteiger partial charge in [-0.3, -0.25) is 14.7 Å². The van der Waals surface area contributed by atoms with Crippen molar-refractivity contribution >= 4 is 41.7 Å². The highest BCUT2D eigenvalue weighted by molar-refractivity contribution is 14.0. The maximum Gasteiger partial charge on any atom is 0.227 e. The van der Waals surface area contributed by atoms with Crippen LogP contribution in [0.15, 0.2) is 53.7 Å². The summed E-state index contributed by atoms with van der Waals surface area (Å²) < 4.78 is 0. The molecule has 3 rings (SSSR count). The normalized spacial score (nSPS) is 15.1. The minimum absolute atomic E-state index is 0. The number of pyridine rings is 1. The molecule has 1 aromatic heterocycles. The molecule has 1 unspecified atom stereocenters. The van der Waals surface area contributed by atoms with Crippen LogP contribution in [0.1, 0.15) is 36.4 Å². The molecule has 1 saturated heterocycles. The number of aromatic nitrogens is 1. The van der Waals surface area contributed by atoms with Crippen molar-refractivity contribution in [3.05, 3.63) is 59.8 Å². The Kier molecular flexibility index (Phi) is 10.7. The molecule has 8 heteroatoms. The molecule has 0 spiro atoms. The second-order valence-corrected chi connectivity index (χ2v) is 7.57. The number of anilines is 1. The van der Waals surface area contributed by atoms with Crippen LogP contribution >= 0.6 is 24.0 Å². The zero-order chi connectivity index (χ0) is 21.2. The van der Waals surface area contributed by atoms with Gasteiger partial charge in [0.2, 0.25) is 5.91 Å². The van der Waals surface area contributed by atoms with E-state index in [-0.39, 0.29) is 29.9 Å². The van der Waals surface area contributed by atoms with E-state index in [9.17, 15) is 4.79 Å². The molecule has 31 heavy (non-hydrogen) atoms. The van der Waals surface area contributed by atoms with E-state index in [4.69, 9.17) is 0 Å². The lowest BCUT2D eigenvalue weighted by molar-refractivity contribution is -0.116. The predicted molar refractivity (Wildman–Crippen MR) is 137 cm³/mol. The summed E-state index contributed by atoms with van der Waals surface area (Å²) in [6, 6.07) is 14.6. The number of amides is 1. The van der Waals surface area contributed by atoms with Gasteiger partial charge < -0.3 is 16.0 Å². The molecule has 1 aliphatic rings. The second kappa shape index (κ2) is 13.3. The molecule has 1 aromatic carbocycles. The van der Waals surface area contributed by atoms with Crippen LogP contribution in [0.25, 0.3) is 0 Å². The molecule has 1 aliphatic heterocycles. The smallest absolute Gasteiger partial charge is 0.227 e. The number of guanidine groups is 1. The summed E-state index contributed by atoms with van der Waals surface area (Å²) in [5.74, 6) is 1.20. The van der Waals surface area contributed by atoms with Crippen molar-refractivity contribution in [3.8, 4) is 0 Å². The molecule has 1 fully saturated rings. The Morgan fingerprint density at radius 3 is 2.52 bits per heavy atom. The quantitative estimate of drug-likeness (QED) is 0.274. The van der Waals surface area contributed by atoms with Crippen LogP contribution in [0.2, 0.25) is 0 Å². The predicted octanol–water partition coefficient (Wildman–Crippen LogP) is 3.34. The van der Waals surface area contributed by atoms with E-state index >= 15 is 0 Å². The largest absolute Gasteiger partial charge is 0.356 e. The number of nitrogens with one attached hydrogen (secondary N) is 3. The van der Waals surface area contributed by atoms with E-state index in [0.717, 1.165) is 25.2 Å². The minimum Gasteiger partial charge on any atom is -0.356 e. The van der Waals surface area contributed by atoms with Gasteiger partial charge in [-0.25, -0.2) is 4.98 Å². The van der Waals surface area contributed by atoms with Gasteiger partial charge in [-0.05, 0) is 50.0 Å². The van der Waals surface area contributed by atoms with Gasteiger partial charge in [-0.1, -0.05) is 36.4 Å². The van der Waals surface area contributed by atoms with E-state index in [1.165, 1.54) is 18.4 Å². The first kappa shape index (κ1) is 25.1. The van der Waals surface area contributed by atoms with Crippen molar-refractivity contribution in [1.29, 1.82) is 0 Å². The van der Waals surface area contributed by atoms with Crippen LogP contribution in [0.5, 0.6) is 0 Å². The lowest BCUT2D eigenvalue weighted by atomic mass is 10.1. The standard InChI is InChI=1S/C23H32N6O.HI/c1-18-10-11-21(26-16-18)28-22(30)12-13-25-23(24-2)27-17-20(29-14-6-7-15-29)19-8-4-3-5-9-19;/h3-5,8-11,16,20H,6-7,12-15,17H2,1-2H3,(H2,24,25,27)(H,26,28,30);1H. The Morgan fingerprint density at radius 1 is 1.13 bits per heavy atom. The van der Waals surface area contributed by atoms with E-state index in [2.05, 4.69) is 61.2 Å². The fourth-order valence-electron chi connectivity index (χ4n) is 3.64. The number of aliphatic imine (C=N–C) groups is 1. The minimum atomic E-state index is -0.0754. The first-order valence-electron chi connectivity index (χ1n) is 10.6. The van der Waals surface area contributed by atoms with Crippen LogP contribution in [-0.2, 0) is 4.79 Å². The zero-order valence-electron chi connectivity index (χ0n) is 18.3. The number of aryl methyl sites for hydroxylation is 1. The molecule has 2 aromatic rings. The first-order chi connectivity index (χ1) is 14.7. The maximum absolute atomic E-state index is 12.1. The van der Waals surface area contributed by atoms with E-state index in [1.807, 2.05) is 19.1 Å². The van der Waals surface area contributed by atoms with Crippen molar-refractivity contribution < 1.29 is 4.79 Å². The first-order valence-corrected chi connectivity index (χ1v) is 10.6. The molecule has 3 N–H and O–H groups in total. The Labute approximate surface area is 202 Å². The summed E-state index contributed by atoms with van der Waals surface area (Å²) in [5, 5.41) is 9.47. The molecule has 7 nitrogen and oxygen atoms in total. The monoisotopic (exact) mass is 536 g/mol. The lowest BCUT2D eigenvalue weighted by Gasteiger charge is -2.29. The van der Waals surface area contributed by atoms with E-state index in [0.29, 0.717) is 30.8 Å². The number of benzene rings is 1. The summed E-state index contributed by atoms with van der Waals surface area (Å²) >= 11 is 0. The number of halogens is 1. The molecular formula is C23H33IN6O. The van der Waals surface area contributed by atoms with Gasteiger partial charge in [0.25, 0.3) is 0 Å². The number of hydrogen-bond acceptors (Lipinski definition) is 4. The molecule has 2 heterocycles. The van der Waals surface area contributed by atoms with Gasteiger partial charge >= 0.3 is 0 Å². The van der Waals surface area contributed by atoms with Crippen molar-refractivity contribution in [2.75, 3.05) is 38.5 Å². The number of rotatable bonds is 8. The number of carbonyl (C=O) groups is 1. The van der Waals surface area contributed by atoms with Gasteiger partial charge in [-0.15, -0.1) is 24.0 Å². The molecule has 0 aliphatic carbocycles. The molecule has 0 bridgehead atoms. The highest BCUT2D eigenvalue weighted by Gasteiger charge is 2.23. The van der Waals surface area contributed by atoms with E-state index in [1.54, 1.807) is 13.2 Å². The number of nitrogens with zero attached hydrogens (tertiary/aromatic N) is 3. The van der Waals surface area contributed by atoms with Crippen molar-refractivity contribution in [2.45, 2.75) is 32.2 Å². The van der Waals surface area contributed by atoms with Gasteiger partial charge in [0.05, 0.1) is 6.04 Å². The molecule has 168 valence electrons. The number of carbonyl (C=O) groups excluding carboxylic acids is 1. The average molecular weight is 536 g/mol. The van der Waals surface area contributed by atoms with Gasteiger partial charge in [-0.2, -0.15) is 0 Å². The zero-order valence-corrected chi connectivity index (χ0v) is 20.6. The van der Waals surface area contributed by atoms with Crippen LogP contribution < -0.4 is 16.0 Å². The lowest BCUT2D eigenvalue weighted by Crippen LogP contribution is -2.43. The van der Waals surface area contributed by atoms with Gasteiger partial charge in [0, 0.05) is 32.8 Å². The highest BCUT2D eigenvalue weighted by atomic mass is 127. The van der Waals surface area contributed by atoms with Crippen LogP contribution in [0, 0.1) is 6.92 Å². The van der Waals surface area contributed by atoms with Gasteiger partial charge in [0.1, 0.15) is 5.82 Å².